The zero-order valence-electron chi connectivity index (χ0n) is 11.5. The number of carbonyl (C=O) groups is 1. The van der Waals surface area contributed by atoms with E-state index in [1.54, 1.807) is 6.92 Å². The molecule has 1 atom stereocenters. The van der Waals surface area contributed by atoms with E-state index in [4.69, 9.17) is 0 Å². The Labute approximate surface area is 126 Å². The third-order valence-corrected chi connectivity index (χ3v) is 4.12. The molecular weight excluding hydrogens is 292 g/mol. The van der Waals surface area contributed by atoms with Gasteiger partial charge in [0.15, 0.2) is 0 Å². The summed E-state index contributed by atoms with van der Waals surface area (Å²) in [6.45, 7) is 1.75. The van der Waals surface area contributed by atoms with Gasteiger partial charge in [-0.2, -0.15) is 0 Å². The lowest BCUT2D eigenvalue weighted by Crippen LogP contribution is -2.23. The van der Waals surface area contributed by atoms with Crippen molar-refractivity contribution in [3.63, 3.8) is 0 Å². The van der Waals surface area contributed by atoms with Crippen molar-refractivity contribution < 1.29 is 13.6 Å². The zero-order chi connectivity index (χ0) is 15.2. The van der Waals surface area contributed by atoms with Crippen LogP contribution in [0, 0.1) is 11.6 Å². The van der Waals surface area contributed by atoms with Gasteiger partial charge in [-0.05, 0) is 24.6 Å². The number of rotatable bonds is 5. The molecule has 0 aromatic heterocycles. The first kappa shape index (κ1) is 15.5. The second-order valence-corrected chi connectivity index (χ2v) is 5.88. The van der Waals surface area contributed by atoms with E-state index in [9.17, 15) is 13.6 Å². The monoisotopic (exact) mass is 307 g/mol. The van der Waals surface area contributed by atoms with Crippen molar-refractivity contribution in [1.29, 1.82) is 0 Å². The van der Waals surface area contributed by atoms with E-state index in [-0.39, 0.29) is 16.8 Å². The predicted molar refractivity (Wildman–Crippen MR) is 82.2 cm³/mol. The van der Waals surface area contributed by atoms with Crippen molar-refractivity contribution >= 4 is 23.4 Å². The normalized spacial score (nSPS) is 12.0. The first-order valence-corrected chi connectivity index (χ1v) is 7.52. The fourth-order valence-electron chi connectivity index (χ4n) is 1.70. The van der Waals surface area contributed by atoms with Gasteiger partial charge in [-0.25, -0.2) is 8.78 Å². The highest BCUT2D eigenvalue weighted by molar-refractivity contribution is 7.99. The lowest BCUT2D eigenvalue weighted by molar-refractivity contribution is -0.115. The lowest BCUT2D eigenvalue weighted by Gasteiger charge is -2.12. The molecule has 0 saturated heterocycles. The van der Waals surface area contributed by atoms with Crippen molar-refractivity contribution in [2.24, 2.45) is 0 Å². The summed E-state index contributed by atoms with van der Waals surface area (Å²) in [5.74, 6) is -1.05. The van der Waals surface area contributed by atoms with E-state index >= 15 is 0 Å². The highest BCUT2D eigenvalue weighted by Gasteiger charge is 2.15. The van der Waals surface area contributed by atoms with E-state index < -0.39 is 11.6 Å². The molecule has 0 saturated carbocycles. The van der Waals surface area contributed by atoms with Crippen molar-refractivity contribution in [3.05, 3.63) is 65.7 Å². The molecule has 2 nitrogen and oxygen atoms in total. The second-order valence-electron chi connectivity index (χ2n) is 4.55. The Hall–Kier alpha value is -1.88. The molecule has 0 aliphatic rings. The summed E-state index contributed by atoms with van der Waals surface area (Å²) in [5.41, 5.74) is 1.11. The number of hydrogen-bond acceptors (Lipinski definition) is 2. The van der Waals surface area contributed by atoms with E-state index in [1.807, 2.05) is 30.3 Å². The molecule has 0 aliphatic carbocycles. The van der Waals surface area contributed by atoms with Gasteiger partial charge in [0.05, 0.1) is 10.9 Å². The Bertz CT molecular complexity index is 619. The van der Waals surface area contributed by atoms with Gasteiger partial charge >= 0.3 is 0 Å². The molecule has 21 heavy (non-hydrogen) atoms. The van der Waals surface area contributed by atoms with Crippen molar-refractivity contribution in [2.75, 3.05) is 5.32 Å². The van der Waals surface area contributed by atoms with Crippen LogP contribution < -0.4 is 5.32 Å². The topological polar surface area (TPSA) is 29.1 Å². The number of anilines is 1. The first-order chi connectivity index (χ1) is 10.1. The van der Waals surface area contributed by atoms with E-state index in [2.05, 4.69) is 5.32 Å². The minimum Gasteiger partial charge on any atom is -0.323 e. The minimum atomic E-state index is -0.774. The van der Waals surface area contributed by atoms with Crippen LogP contribution >= 0.6 is 11.8 Å². The fourth-order valence-corrected chi connectivity index (χ4v) is 2.54. The van der Waals surface area contributed by atoms with Crippen molar-refractivity contribution in [1.82, 2.24) is 0 Å². The van der Waals surface area contributed by atoms with Crippen molar-refractivity contribution in [2.45, 2.75) is 17.9 Å². The summed E-state index contributed by atoms with van der Waals surface area (Å²) < 4.78 is 26.3. The maximum Gasteiger partial charge on any atom is 0.237 e. The molecule has 0 fully saturated rings. The summed E-state index contributed by atoms with van der Waals surface area (Å²) in [6, 6.07) is 12.9. The molecule has 1 N–H and O–H groups in total. The first-order valence-electron chi connectivity index (χ1n) is 6.47. The van der Waals surface area contributed by atoms with Crippen LogP contribution in [0.5, 0.6) is 0 Å². The van der Waals surface area contributed by atoms with Crippen LogP contribution in [0.15, 0.2) is 48.5 Å². The molecule has 0 heterocycles. The zero-order valence-corrected chi connectivity index (χ0v) is 12.3. The quantitative estimate of drug-likeness (QED) is 0.896. The smallest absolute Gasteiger partial charge is 0.237 e. The molecule has 2 aromatic rings. The number of benzene rings is 2. The molecule has 0 spiro atoms. The highest BCUT2D eigenvalue weighted by atomic mass is 32.2. The van der Waals surface area contributed by atoms with Crippen LogP contribution in [0.1, 0.15) is 12.5 Å². The Balaban J connectivity index is 1.90. The molecule has 0 unspecified atom stereocenters. The largest absolute Gasteiger partial charge is 0.323 e. The second kappa shape index (κ2) is 7.22. The lowest BCUT2D eigenvalue weighted by atomic mass is 10.2. The van der Waals surface area contributed by atoms with Crippen LogP contribution in [0.2, 0.25) is 0 Å². The number of hydrogen-bond donors (Lipinski definition) is 1. The molecule has 0 radical (unpaired) electrons. The number of nitrogens with one attached hydrogen (secondary N) is 1. The third-order valence-electron chi connectivity index (χ3n) is 2.90. The SMILES string of the molecule is C[C@@H](SCc1ccccc1)C(=O)Nc1ccc(F)cc1F. The number of carbonyl (C=O) groups excluding carboxylic acids is 1. The summed E-state index contributed by atoms with van der Waals surface area (Å²) in [4.78, 5) is 12.0. The van der Waals surface area contributed by atoms with Gasteiger partial charge in [-0.3, -0.25) is 4.79 Å². The summed E-state index contributed by atoms with van der Waals surface area (Å²) in [7, 11) is 0. The molecule has 2 aromatic carbocycles. The number of halogens is 2. The maximum atomic E-state index is 13.5. The van der Waals surface area contributed by atoms with Crippen molar-refractivity contribution in [3.8, 4) is 0 Å². The standard InChI is InChI=1S/C16H15F2NOS/c1-11(21-10-12-5-3-2-4-6-12)16(20)19-15-8-7-13(17)9-14(15)18/h2-9,11H,10H2,1H3,(H,19,20)/t11-/m1/s1. The Kier molecular flexibility index (Phi) is 5.33. The average Bonchev–Trinajstić information content (AvgIpc) is 2.48. The summed E-state index contributed by atoms with van der Waals surface area (Å²) >= 11 is 1.46. The Morgan fingerprint density at radius 1 is 1.19 bits per heavy atom. The molecule has 1 amide bonds. The Morgan fingerprint density at radius 2 is 1.90 bits per heavy atom. The van der Waals surface area contributed by atoms with Crippen LogP contribution in [-0.4, -0.2) is 11.2 Å². The molecule has 2 rings (SSSR count). The van der Waals surface area contributed by atoms with Gasteiger partial charge in [0.2, 0.25) is 5.91 Å². The van der Waals surface area contributed by atoms with Gasteiger partial charge in [0.25, 0.3) is 0 Å². The Morgan fingerprint density at radius 3 is 2.57 bits per heavy atom. The molecule has 110 valence electrons. The van der Waals surface area contributed by atoms with Gasteiger partial charge in [0.1, 0.15) is 11.6 Å². The third kappa shape index (κ3) is 4.56. The van der Waals surface area contributed by atoms with Gasteiger partial charge in [0, 0.05) is 11.8 Å². The predicted octanol–water partition coefficient (Wildman–Crippen LogP) is 4.23. The van der Waals surface area contributed by atoms with Crippen LogP contribution in [0.25, 0.3) is 0 Å². The van der Waals surface area contributed by atoms with Crippen LogP contribution in [0.4, 0.5) is 14.5 Å². The molecular formula is C16H15F2NOS. The van der Waals surface area contributed by atoms with Crippen LogP contribution in [-0.2, 0) is 10.5 Å². The maximum absolute atomic E-state index is 13.5. The molecule has 0 bridgehead atoms. The highest BCUT2D eigenvalue weighted by Crippen LogP contribution is 2.20. The van der Waals surface area contributed by atoms with Crippen LogP contribution in [0.3, 0.4) is 0 Å². The molecule has 5 heteroatoms. The van der Waals surface area contributed by atoms with E-state index in [1.165, 1.54) is 17.8 Å². The summed E-state index contributed by atoms with van der Waals surface area (Å²) in [6.07, 6.45) is 0. The van der Waals surface area contributed by atoms with Gasteiger partial charge < -0.3 is 5.32 Å². The van der Waals surface area contributed by atoms with E-state index in [0.717, 1.165) is 17.7 Å². The summed E-state index contributed by atoms with van der Waals surface area (Å²) in [5, 5.41) is 2.13. The van der Waals surface area contributed by atoms with Gasteiger partial charge in [-0.1, -0.05) is 30.3 Å². The van der Waals surface area contributed by atoms with Gasteiger partial charge in [-0.15, -0.1) is 11.8 Å². The number of thioether (sulfide) groups is 1. The molecule has 0 aliphatic heterocycles. The fraction of sp³-hybridized carbons (Fsp3) is 0.188. The van der Waals surface area contributed by atoms with E-state index in [0.29, 0.717) is 5.75 Å². The minimum absolute atomic E-state index is 0.00596. The average molecular weight is 307 g/mol. The number of amides is 1.